The molecule has 1 aromatic carbocycles. The van der Waals surface area contributed by atoms with E-state index in [1.807, 2.05) is 6.07 Å². The van der Waals surface area contributed by atoms with Gasteiger partial charge in [0.15, 0.2) is 0 Å². The molecule has 1 aromatic heterocycles. The van der Waals surface area contributed by atoms with E-state index in [0.717, 1.165) is 4.88 Å². The summed E-state index contributed by atoms with van der Waals surface area (Å²) in [6.07, 6.45) is 0. The number of benzene rings is 1. The number of carbonyl (C=O) groups is 1. The first-order valence-electron chi connectivity index (χ1n) is 4.85. The van der Waals surface area contributed by atoms with Crippen molar-refractivity contribution >= 4 is 28.9 Å². The van der Waals surface area contributed by atoms with Crippen molar-refractivity contribution in [1.82, 2.24) is 0 Å². The highest BCUT2D eigenvalue weighted by molar-refractivity contribution is 7.16. The van der Waals surface area contributed by atoms with Crippen LogP contribution in [0.2, 0.25) is 4.34 Å². The van der Waals surface area contributed by atoms with Crippen molar-refractivity contribution in [2.75, 3.05) is 0 Å². The molecule has 0 aliphatic rings. The minimum Gasteiger partial charge on any atom is -0.488 e. The van der Waals surface area contributed by atoms with Gasteiger partial charge in [0.2, 0.25) is 0 Å². The molecule has 1 N–H and O–H groups in total. The first-order chi connectivity index (χ1) is 8.15. The second-order valence-electron chi connectivity index (χ2n) is 3.33. The topological polar surface area (TPSA) is 46.5 Å². The van der Waals surface area contributed by atoms with Gasteiger partial charge in [-0.3, -0.25) is 0 Å². The molecule has 1 heterocycles. The van der Waals surface area contributed by atoms with E-state index < -0.39 is 5.97 Å². The number of halogens is 1. The molecule has 0 saturated carbocycles. The van der Waals surface area contributed by atoms with Gasteiger partial charge >= 0.3 is 5.97 Å². The second-order valence-corrected chi connectivity index (χ2v) is 5.13. The molecule has 0 atom stereocenters. The van der Waals surface area contributed by atoms with Crippen LogP contribution in [0.25, 0.3) is 0 Å². The summed E-state index contributed by atoms with van der Waals surface area (Å²) in [5.74, 6) is -0.427. The third kappa shape index (κ3) is 3.22. The SMILES string of the molecule is O=C(O)c1cccc(OCc2ccc(Cl)s2)c1. The van der Waals surface area contributed by atoms with E-state index in [-0.39, 0.29) is 5.56 Å². The molecule has 0 aliphatic heterocycles. The minimum atomic E-state index is -0.963. The predicted molar refractivity (Wildman–Crippen MR) is 67.1 cm³/mol. The maximum Gasteiger partial charge on any atom is 0.335 e. The Balaban J connectivity index is 2.04. The number of ether oxygens (including phenoxy) is 1. The standard InChI is InChI=1S/C12H9ClO3S/c13-11-5-4-10(17-11)7-16-9-3-1-2-8(6-9)12(14)15/h1-6H,7H2,(H,14,15). The van der Waals surface area contributed by atoms with Crippen molar-refractivity contribution in [2.45, 2.75) is 6.61 Å². The Bertz CT molecular complexity index is 536. The minimum absolute atomic E-state index is 0.215. The van der Waals surface area contributed by atoms with Crippen LogP contribution < -0.4 is 4.74 Å². The lowest BCUT2D eigenvalue weighted by Crippen LogP contribution is -1.98. The quantitative estimate of drug-likeness (QED) is 0.920. The molecule has 0 fully saturated rings. The summed E-state index contributed by atoms with van der Waals surface area (Å²) in [6, 6.07) is 10.1. The average molecular weight is 269 g/mol. The van der Waals surface area contributed by atoms with Crippen LogP contribution in [0, 0.1) is 0 Å². The van der Waals surface area contributed by atoms with E-state index in [2.05, 4.69) is 0 Å². The van der Waals surface area contributed by atoms with Gasteiger partial charge in [-0.15, -0.1) is 11.3 Å². The summed E-state index contributed by atoms with van der Waals surface area (Å²) in [7, 11) is 0. The fourth-order valence-corrected chi connectivity index (χ4v) is 2.30. The Labute approximate surface area is 107 Å². The zero-order valence-electron chi connectivity index (χ0n) is 8.72. The molecule has 2 rings (SSSR count). The van der Waals surface area contributed by atoms with E-state index in [9.17, 15) is 4.79 Å². The molecule has 0 radical (unpaired) electrons. The Morgan fingerprint density at radius 3 is 2.82 bits per heavy atom. The highest BCUT2D eigenvalue weighted by Gasteiger charge is 2.04. The molecule has 0 saturated heterocycles. The van der Waals surface area contributed by atoms with E-state index in [4.69, 9.17) is 21.4 Å². The summed E-state index contributed by atoms with van der Waals surface area (Å²) in [5.41, 5.74) is 0.215. The van der Waals surface area contributed by atoms with Crippen LogP contribution in [0.3, 0.4) is 0 Å². The zero-order valence-corrected chi connectivity index (χ0v) is 10.3. The summed E-state index contributed by atoms with van der Waals surface area (Å²) in [4.78, 5) is 11.8. The third-order valence-corrected chi connectivity index (χ3v) is 3.30. The van der Waals surface area contributed by atoms with Crippen LogP contribution in [0.5, 0.6) is 5.75 Å². The van der Waals surface area contributed by atoms with Crippen LogP contribution in [0.15, 0.2) is 36.4 Å². The Hall–Kier alpha value is -1.52. The number of hydrogen-bond donors (Lipinski definition) is 1. The lowest BCUT2D eigenvalue weighted by atomic mass is 10.2. The number of carboxylic acid groups (broad SMARTS) is 1. The van der Waals surface area contributed by atoms with Gasteiger partial charge in [-0.25, -0.2) is 4.79 Å². The average Bonchev–Trinajstić information content (AvgIpc) is 2.73. The van der Waals surface area contributed by atoms with Gasteiger partial charge in [0.25, 0.3) is 0 Å². The molecule has 5 heteroatoms. The predicted octanol–water partition coefficient (Wildman–Crippen LogP) is 3.68. The monoisotopic (exact) mass is 268 g/mol. The van der Waals surface area contributed by atoms with E-state index >= 15 is 0 Å². The van der Waals surface area contributed by atoms with Crippen molar-refractivity contribution in [3.05, 3.63) is 51.2 Å². The zero-order chi connectivity index (χ0) is 12.3. The second kappa shape index (κ2) is 5.21. The van der Waals surface area contributed by atoms with Crippen molar-refractivity contribution in [1.29, 1.82) is 0 Å². The molecular weight excluding hydrogens is 260 g/mol. The van der Waals surface area contributed by atoms with E-state index in [1.54, 1.807) is 18.2 Å². The van der Waals surface area contributed by atoms with Crippen LogP contribution in [0.1, 0.15) is 15.2 Å². The summed E-state index contributed by atoms with van der Waals surface area (Å²) >= 11 is 7.24. The van der Waals surface area contributed by atoms with Crippen molar-refractivity contribution in [3.63, 3.8) is 0 Å². The van der Waals surface area contributed by atoms with Gasteiger partial charge in [0.1, 0.15) is 12.4 Å². The highest BCUT2D eigenvalue weighted by Crippen LogP contribution is 2.23. The van der Waals surface area contributed by atoms with Gasteiger partial charge in [-0.2, -0.15) is 0 Å². The maximum atomic E-state index is 10.8. The molecule has 0 amide bonds. The molecule has 0 unspecified atom stereocenters. The normalized spacial score (nSPS) is 10.2. The smallest absolute Gasteiger partial charge is 0.335 e. The highest BCUT2D eigenvalue weighted by atomic mass is 35.5. The maximum absolute atomic E-state index is 10.8. The fraction of sp³-hybridized carbons (Fsp3) is 0.0833. The van der Waals surface area contributed by atoms with E-state index in [0.29, 0.717) is 16.7 Å². The first kappa shape index (κ1) is 12.0. The molecule has 3 nitrogen and oxygen atoms in total. The van der Waals surface area contributed by atoms with Crippen molar-refractivity contribution in [3.8, 4) is 5.75 Å². The third-order valence-electron chi connectivity index (χ3n) is 2.09. The number of aromatic carboxylic acids is 1. The fourth-order valence-electron chi connectivity index (χ4n) is 1.30. The molecule has 17 heavy (non-hydrogen) atoms. The number of rotatable bonds is 4. The summed E-state index contributed by atoms with van der Waals surface area (Å²) in [6.45, 7) is 0.389. The largest absolute Gasteiger partial charge is 0.488 e. The first-order valence-corrected chi connectivity index (χ1v) is 6.05. The van der Waals surface area contributed by atoms with E-state index in [1.165, 1.54) is 23.5 Å². The molecule has 0 bridgehead atoms. The molecule has 2 aromatic rings. The molecule has 0 aliphatic carbocycles. The van der Waals surface area contributed by atoms with Crippen LogP contribution in [0.4, 0.5) is 0 Å². The summed E-state index contributed by atoms with van der Waals surface area (Å²) < 4.78 is 6.20. The van der Waals surface area contributed by atoms with Gasteiger partial charge in [0.05, 0.1) is 9.90 Å². The lowest BCUT2D eigenvalue weighted by molar-refractivity contribution is 0.0696. The lowest BCUT2D eigenvalue weighted by Gasteiger charge is -2.04. The van der Waals surface area contributed by atoms with Crippen LogP contribution in [-0.2, 0) is 6.61 Å². The van der Waals surface area contributed by atoms with Crippen molar-refractivity contribution < 1.29 is 14.6 Å². The Morgan fingerprint density at radius 2 is 2.18 bits per heavy atom. The Kier molecular flexibility index (Phi) is 3.66. The van der Waals surface area contributed by atoms with Crippen LogP contribution >= 0.6 is 22.9 Å². The molecule has 88 valence electrons. The number of carboxylic acids is 1. The van der Waals surface area contributed by atoms with Gasteiger partial charge in [0, 0.05) is 4.88 Å². The van der Waals surface area contributed by atoms with Crippen molar-refractivity contribution in [2.24, 2.45) is 0 Å². The van der Waals surface area contributed by atoms with Gasteiger partial charge in [-0.1, -0.05) is 17.7 Å². The number of thiophene rings is 1. The molecular formula is C12H9ClO3S. The number of hydrogen-bond acceptors (Lipinski definition) is 3. The Morgan fingerprint density at radius 1 is 1.35 bits per heavy atom. The van der Waals surface area contributed by atoms with Gasteiger partial charge < -0.3 is 9.84 Å². The molecule has 0 spiro atoms. The van der Waals surface area contributed by atoms with Gasteiger partial charge in [-0.05, 0) is 30.3 Å². The van der Waals surface area contributed by atoms with Crippen LogP contribution in [-0.4, -0.2) is 11.1 Å². The summed E-state index contributed by atoms with van der Waals surface area (Å²) in [5, 5.41) is 8.83.